The highest BCUT2D eigenvalue weighted by atomic mass is 16.1. The van der Waals surface area contributed by atoms with Gasteiger partial charge in [-0.2, -0.15) is 5.21 Å². The van der Waals surface area contributed by atoms with Gasteiger partial charge in [0.15, 0.2) is 0 Å². The van der Waals surface area contributed by atoms with Gasteiger partial charge >= 0.3 is 0 Å². The van der Waals surface area contributed by atoms with E-state index in [4.69, 9.17) is 5.73 Å². The van der Waals surface area contributed by atoms with Crippen LogP contribution < -0.4 is 5.73 Å². The molecule has 0 saturated heterocycles. The Balaban J connectivity index is 2.10. The fourth-order valence-electron chi connectivity index (χ4n) is 2.53. The monoisotopic (exact) mass is 269 g/mol. The molecule has 1 heterocycles. The maximum Gasteiger partial charge on any atom is 0.249 e. The van der Waals surface area contributed by atoms with Crippen LogP contribution in [0.1, 0.15) is 41.6 Å². The van der Waals surface area contributed by atoms with Crippen molar-refractivity contribution in [2.24, 2.45) is 5.73 Å². The van der Waals surface area contributed by atoms with Crippen LogP contribution in [0.2, 0.25) is 0 Å². The number of nitrogens with two attached hydrogens (primary N) is 1. The number of H-pyrrole nitrogens is 1. The molecule has 0 atom stereocenters. The molecule has 6 heteroatoms. The number of carbonyl (C=O) groups is 1. The largest absolute Gasteiger partial charge is 0.366 e. The highest BCUT2D eigenvalue weighted by Crippen LogP contribution is 2.31. The molecular weight excluding hydrogens is 254 g/mol. The van der Waals surface area contributed by atoms with E-state index >= 15 is 0 Å². The van der Waals surface area contributed by atoms with Gasteiger partial charge in [-0.1, -0.05) is 12.1 Å². The lowest BCUT2D eigenvalue weighted by atomic mass is 9.89. The number of aromatic nitrogens is 4. The third-order valence-corrected chi connectivity index (χ3v) is 3.53. The Morgan fingerprint density at radius 1 is 1.30 bits per heavy atom. The van der Waals surface area contributed by atoms with Crippen LogP contribution >= 0.6 is 0 Å². The number of hydrogen-bond acceptors (Lipinski definition) is 4. The van der Waals surface area contributed by atoms with Gasteiger partial charge in [0.05, 0.1) is 0 Å². The third-order valence-electron chi connectivity index (χ3n) is 3.53. The average molecular weight is 269 g/mol. The summed E-state index contributed by atoms with van der Waals surface area (Å²) in [6.07, 6.45) is 6.53. The zero-order valence-corrected chi connectivity index (χ0v) is 11.0. The summed E-state index contributed by atoms with van der Waals surface area (Å²) in [6.45, 7) is 0. The molecule has 1 aliphatic carbocycles. The van der Waals surface area contributed by atoms with Crippen molar-refractivity contribution in [2.45, 2.75) is 25.7 Å². The van der Waals surface area contributed by atoms with Crippen molar-refractivity contribution in [2.75, 3.05) is 0 Å². The molecule has 20 heavy (non-hydrogen) atoms. The van der Waals surface area contributed by atoms with Crippen LogP contribution in [-0.2, 0) is 0 Å². The quantitative estimate of drug-likeness (QED) is 0.889. The molecule has 2 aromatic rings. The molecule has 0 saturated carbocycles. The molecule has 0 radical (unpaired) electrons. The van der Waals surface area contributed by atoms with Crippen molar-refractivity contribution in [1.82, 2.24) is 20.6 Å². The van der Waals surface area contributed by atoms with Crippen molar-refractivity contribution >= 4 is 11.5 Å². The van der Waals surface area contributed by atoms with E-state index in [1.165, 1.54) is 12.0 Å². The summed E-state index contributed by atoms with van der Waals surface area (Å²) in [4.78, 5) is 11.6. The fourth-order valence-corrected chi connectivity index (χ4v) is 2.53. The van der Waals surface area contributed by atoms with Gasteiger partial charge in [-0.05, 0) is 54.2 Å². The molecular formula is C14H15N5O. The van der Waals surface area contributed by atoms with Crippen molar-refractivity contribution in [1.29, 1.82) is 0 Å². The maximum atomic E-state index is 11.6. The molecule has 3 N–H and O–H groups in total. The Morgan fingerprint density at radius 2 is 2.20 bits per heavy atom. The highest BCUT2D eigenvalue weighted by Gasteiger charge is 2.16. The number of allylic oxidation sites excluding steroid dienone is 2. The Morgan fingerprint density at radius 3 is 2.85 bits per heavy atom. The maximum absolute atomic E-state index is 11.6. The molecule has 102 valence electrons. The SMILES string of the molecule is NC(=O)c1ccc(-c2nn[nH]n2)cc1C1=CCCCC1. The number of benzene rings is 1. The van der Waals surface area contributed by atoms with E-state index in [2.05, 4.69) is 26.7 Å². The van der Waals surface area contributed by atoms with Gasteiger partial charge in [0, 0.05) is 11.1 Å². The summed E-state index contributed by atoms with van der Waals surface area (Å²) in [5, 5.41) is 13.9. The first-order valence-corrected chi connectivity index (χ1v) is 6.63. The Labute approximate surface area is 116 Å². The molecule has 0 aliphatic heterocycles. The molecule has 6 nitrogen and oxygen atoms in total. The lowest BCUT2D eigenvalue weighted by molar-refractivity contribution is 0.1000. The van der Waals surface area contributed by atoms with E-state index in [1.807, 2.05) is 6.07 Å². The van der Waals surface area contributed by atoms with Crippen molar-refractivity contribution in [3.05, 3.63) is 35.4 Å². The molecule has 3 rings (SSSR count). The summed E-state index contributed by atoms with van der Waals surface area (Å²) in [5.74, 6) is 0.102. The fraction of sp³-hybridized carbons (Fsp3) is 0.286. The second-order valence-electron chi connectivity index (χ2n) is 4.84. The minimum atomic E-state index is -0.411. The molecule has 1 aromatic carbocycles. The van der Waals surface area contributed by atoms with E-state index in [0.717, 1.165) is 30.4 Å². The molecule has 0 spiro atoms. The number of nitrogens with one attached hydrogen (secondary N) is 1. The first kappa shape index (κ1) is 12.5. The number of primary amides is 1. The third kappa shape index (κ3) is 2.32. The second-order valence-corrected chi connectivity index (χ2v) is 4.84. The topological polar surface area (TPSA) is 97.5 Å². The number of carbonyl (C=O) groups excluding carboxylic acids is 1. The van der Waals surface area contributed by atoms with Crippen molar-refractivity contribution in [3.8, 4) is 11.4 Å². The van der Waals surface area contributed by atoms with Crippen LogP contribution in [0.15, 0.2) is 24.3 Å². The van der Waals surface area contributed by atoms with Gasteiger partial charge in [-0.25, -0.2) is 0 Å². The number of aromatic amines is 1. The predicted molar refractivity (Wildman–Crippen MR) is 74.6 cm³/mol. The second kappa shape index (κ2) is 5.24. The van der Waals surface area contributed by atoms with Gasteiger partial charge in [0.2, 0.25) is 11.7 Å². The van der Waals surface area contributed by atoms with Crippen LogP contribution in [0, 0.1) is 0 Å². The summed E-state index contributed by atoms with van der Waals surface area (Å²) < 4.78 is 0. The lowest BCUT2D eigenvalue weighted by Gasteiger charge is -2.16. The van der Waals surface area contributed by atoms with E-state index in [0.29, 0.717) is 11.4 Å². The zero-order chi connectivity index (χ0) is 13.9. The van der Waals surface area contributed by atoms with Crippen LogP contribution in [0.5, 0.6) is 0 Å². The Hall–Kier alpha value is -2.50. The number of tetrazole rings is 1. The summed E-state index contributed by atoms with van der Waals surface area (Å²) in [6, 6.07) is 5.44. The Kier molecular flexibility index (Phi) is 3.28. The number of amides is 1. The standard InChI is InChI=1S/C14H15N5O/c15-13(20)11-7-6-10(14-16-18-19-17-14)8-12(11)9-4-2-1-3-5-9/h4,6-8H,1-3,5H2,(H2,15,20)(H,16,17,18,19). The molecule has 1 amide bonds. The summed E-state index contributed by atoms with van der Waals surface area (Å²) in [7, 11) is 0. The molecule has 0 fully saturated rings. The predicted octanol–water partition coefficient (Wildman–Crippen LogP) is 1.92. The van der Waals surface area contributed by atoms with E-state index in [9.17, 15) is 4.79 Å². The smallest absolute Gasteiger partial charge is 0.249 e. The van der Waals surface area contributed by atoms with Gasteiger partial charge in [0.25, 0.3) is 0 Å². The van der Waals surface area contributed by atoms with Gasteiger partial charge in [-0.15, -0.1) is 10.2 Å². The highest BCUT2D eigenvalue weighted by molar-refractivity contribution is 5.99. The van der Waals surface area contributed by atoms with Crippen LogP contribution in [0.3, 0.4) is 0 Å². The molecule has 0 bridgehead atoms. The summed E-state index contributed by atoms with van der Waals surface area (Å²) >= 11 is 0. The van der Waals surface area contributed by atoms with E-state index in [1.54, 1.807) is 12.1 Å². The number of hydrogen-bond donors (Lipinski definition) is 2. The van der Waals surface area contributed by atoms with E-state index in [-0.39, 0.29) is 0 Å². The van der Waals surface area contributed by atoms with Crippen LogP contribution in [0.25, 0.3) is 17.0 Å². The zero-order valence-electron chi connectivity index (χ0n) is 11.0. The van der Waals surface area contributed by atoms with Crippen LogP contribution in [0.4, 0.5) is 0 Å². The van der Waals surface area contributed by atoms with Crippen molar-refractivity contribution < 1.29 is 4.79 Å². The number of nitrogens with zero attached hydrogens (tertiary/aromatic N) is 3. The first-order chi connectivity index (χ1) is 9.75. The van der Waals surface area contributed by atoms with E-state index < -0.39 is 5.91 Å². The molecule has 1 aromatic heterocycles. The summed E-state index contributed by atoms with van der Waals surface area (Å²) in [5.41, 5.74) is 8.91. The van der Waals surface area contributed by atoms with Gasteiger partial charge < -0.3 is 5.73 Å². The Bertz CT molecular complexity index is 660. The normalized spacial score (nSPS) is 14.9. The minimum absolute atomic E-state index is 0.411. The number of rotatable bonds is 3. The lowest BCUT2D eigenvalue weighted by Crippen LogP contribution is -2.14. The van der Waals surface area contributed by atoms with Crippen LogP contribution in [-0.4, -0.2) is 26.5 Å². The molecule has 0 unspecified atom stereocenters. The van der Waals surface area contributed by atoms with Gasteiger partial charge in [0.1, 0.15) is 0 Å². The minimum Gasteiger partial charge on any atom is -0.366 e. The van der Waals surface area contributed by atoms with Gasteiger partial charge in [-0.3, -0.25) is 4.79 Å². The molecule has 1 aliphatic rings. The average Bonchev–Trinajstić information content (AvgIpc) is 3.02. The first-order valence-electron chi connectivity index (χ1n) is 6.63. The van der Waals surface area contributed by atoms with Crippen molar-refractivity contribution in [3.63, 3.8) is 0 Å².